The summed E-state index contributed by atoms with van der Waals surface area (Å²) in [7, 11) is 0. The molecule has 0 amide bonds. The molecule has 0 saturated heterocycles. The zero-order valence-electron chi connectivity index (χ0n) is 9.99. The van der Waals surface area contributed by atoms with Crippen LogP contribution in [0.15, 0.2) is 30.9 Å². The number of benzene rings is 1. The van der Waals surface area contributed by atoms with Gasteiger partial charge in [0.15, 0.2) is 4.77 Å². The molecular weight excluding hydrogens is 268 g/mol. The van der Waals surface area contributed by atoms with Gasteiger partial charge in [0.25, 0.3) is 0 Å². The molecule has 1 aromatic heterocycles. The van der Waals surface area contributed by atoms with Crippen molar-refractivity contribution in [3.8, 4) is 0 Å². The summed E-state index contributed by atoms with van der Waals surface area (Å²) in [5.74, 6) is 0. The van der Waals surface area contributed by atoms with E-state index in [1.165, 1.54) is 0 Å². The molecule has 0 unspecified atom stereocenters. The summed E-state index contributed by atoms with van der Waals surface area (Å²) in [4.78, 5) is 3.14. The largest absolute Gasteiger partial charge is 0.379 e. The van der Waals surface area contributed by atoms with Crippen molar-refractivity contribution in [1.82, 2.24) is 9.55 Å². The van der Waals surface area contributed by atoms with E-state index in [0.717, 1.165) is 17.5 Å². The number of aromatic nitrogens is 2. The average Bonchev–Trinajstić information content (AvgIpc) is 2.67. The minimum absolute atomic E-state index is 0.611. The quantitative estimate of drug-likeness (QED) is 0.494. The van der Waals surface area contributed by atoms with Crippen LogP contribution in [0.4, 0.5) is 0 Å². The van der Waals surface area contributed by atoms with E-state index in [4.69, 9.17) is 28.6 Å². The fourth-order valence-corrected chi connectivity index (χ4v) is 2.38. The fourth-order valence-electron chi connectivity index (χ4n) is 1.81. The van der Waals surface area contributed by atoms with Gasteiger partial charge in [-0.15, -0.1) is 6.58 Å². The zero-order chi connectivity index (χ0) is 13.0. The Balaban J connectivity index is 2.15. The number of nitrogens with one attached hydrogen (secondary N) is 1. The number of halogens is 1. The van der Waals surface area contributed by atoms with E-state index in [1.807, 2.05) is 28.8 Å². The lowest BCUT2D eigenvalue weighted by molar-refractivity contribution is 0.131. The number of nitrogens with zero attached hydrogens (tertiary/aromatic N) is 1. The monoisotopic (exact) mass is 282 g/mol. The molecule has 1 heterocycles. The molecule has 18 heavy (non-hydrogen) atoms. The van der Waals surface area contributed by atoms with Crippen molar-refractivity contribution in [2.24, 2.45) is 0 Å². The first kappa shape index (κ1) is 13.3. The molecule has 2 rings (SSSR count). The van der Waals surface area contributed by atoms with E-state index < -0.39 is 0 Å². The third-order valence-electron chi connectivity index (χ3n) is 2.67. The van der Waals surface area contributed by atoms with Crippen LogP contribution < -0.4 is 0 Å². The molecule has 0 aliphatic rings. The van der Waals surface area contributed by atoms with Gasteiger partial charge < -0.3 is 14.3 Å². The number of ether oxygens (including phenoxy) is 1. The molecule has 0 fully saturated rings. The second-order valence-electron chi connectivity index (χ2n) is 3.91. The van der Waals surface area contributed by atoms with Crippen molar-refractivity contribution < 1.29 is 4.74 Å². The second kappa shape index (κ2) is 6.18. The number of fused-ring (bicyclic) bond motifs is 1. The summed E-state index contributed by atoms with van der Waals surface area (Å²) >= 11 is 11.5. The van der Waals surface area contributed by atoms with Crippen LogP contribution in [-0.2, 0) is 11.3 Å². The van der Waals surface area contributed by atoms with Crippen molar-refractivity contribution in [2.45, 2.75) is 13.0 Å². The molecule has 5 heteroatoms. The van der Waals surface area contributed by atoms with Gasteiger partial charge in [0, 0.05) is 6.54 Å². The van der Waals surface area contributed by atoms with Crippen LogP contribution in [0, 0.1) is 4.77 Å². The van der Waals surface area contributed by atoms with E-state index in [2.05, 4.69) is 11.6 Å². The number of para-hydroxylation sites is 1. The van der Waals surface area contributed by atoms with Crippen molar-refractivity contribution in [2.75, 3.05) is 13.2 Å². The summed E-state index contributed by atoms with van der Waals surface area (Å²) < 4.78 is 8.14. The Morgan fingerprint density at radius 1 is 1.44 bits per heavy atom. The Hall–Kier alpha value is -1.10. The van der Waals surface area contributed by atoms with Gasteiger partial charge in [-0.3, -0.25) is 0 Å². The van der Waals surface area contributed by atoms with Crippen LogP contribution in [0.2, 0.25) is 5.02 Å². The van der Waals surface area contributed by atoms with Gasteiger partial charge in [-0.2, -0.15) is 0 Å². The summed E-state index contributed by atoms with van der Waals surface area (Å²) in [5.41, 5.74) is 1.90. The molecule has 1 aromatic carbocycles. The molecule has 1 N–H and O–H groups in total. The molecule has 0 atom stereocenters. The van der Waals surface area contributed by atoms with E-state index in [1.54, 1.807) is 0 Å². The highest BCUT2D eigenvalue weighted by Crippen LogP contribution is 2.23. The molecule has 0 radical (unpaired) electrons. The number of hydrogen-bond acceptors (Lipinski definition) is 2. The number of hydrogen-bond donors (Lipinski definition) is 1. The van der Waals surface area contributed by atoms with Crippen molar-refractivity contribution >= 4 is 34.9 Å². The first-order valence-corrected chi connectivity index (χ1v) is 6.58. The Morgan fingerprint density at radius 3 is 3.06 bits per heavy atom. The van der Waals surface area contributed by atoms with Gasteiger partial charge in [0.2, 0.25) is 0 Å². The van der Waals surface area contributed by atoms with Gasteiger partial charge in [-0.1, -0.05) is 23.7 Å². The summed E-state index contributed by atoms with van der Waals surface area (Å²) in [6.07, 6.45) is 2.70. The normalized spacial score (nSPS) is 10.9. The zero-order valence-corrected chi connectivity index (χ0v) is 11.6. The number of imidazole rings is 1. The fraction of sp³-hybridized carbons (Fsp3) is 0.308. The Morgan fingerprint density at radius 2 is 2.28 bits per heavy atom. The summed E-state index contributed by atoms with van der Waals surface area (Å²) in [6, 6.07) is 5.73. The third kappa shape index (κ3) is 2.83. The highest BCUT2D eigenvalue weighted by molar-refractivity contribution is 7.71. The number of aromatic amines is 1. The van der Waals surface area contributed by atoms with Crippen molar-refractivity contribution in [1.29, 1.82) is 0 Å². The maximum absolute atomic E-state index is 6.20. The maximum atomic E-state index is 6.20. The van der Waals surface area contributed by atoms with Crippen LogP contribution in [0.25, 0.3) is 11.0 Å². The lowest BCUT2D eigenvalue weighted by atomic mass is 10.3. The van der Waals surface area contributed by atoms with Crippen LogP contribution in [0.5, 0.6) is 0 Å². The third-order valence-corrected chi connectivity index (χ3v) is 3.30. The molecule has 0 aliphatic heterocycles. The topological polar surface area (TPSA) is 29.9 Å². The Labute approximate surface area is 116 Å². The number of H-pyrrole nitrogens is 1. The van der Waals surface area contributed by atoms with Gasteiger partial charge in [0.05, 0.1) is 29.3 Å². The summed E-state index contributed by atoms with van der Waals surface area (Å²) in [5, 5.41) is 0.700. The van der Waals surface area contributed by atoms with Crippen molar-refractivity contribution in [3.63, 3.8) is 0 Å². The van der Waals surface area contributed by atoms with E-state index in [-0.39, 0.29) is 0 Å². The molecule has 3 nitrogen and oxygen atoms in total. The highest BCUT2D eigenvalue weighted by atomic mass is 35.5. The molecule has 0 saturated carbocycles. The van der Waals surface area contributed by atoms with Gasteiger partial charge in [0.1, 0.15) is 0 Å². The smallest absolute Gasteiger partial charge is 0.178 e. The maximum Gasteiger partial charge on any atom is 0.178 e. The van der Waals surface area contributed by atoms with Gasteiger partial charge in [-0.25, -0.2) is 0 Å². The predicted molar refractivity (Wildman–Crippen MR) is 77.8 cm³/mol. The summed E-state index contributed by atoms with van der Waals surface area (Å²) in [6.45, 7) is 5.64. The lowest BCUT2D eigenvalue weighted by Gasteiger charge is -2.06. The van der Waals surface area contributed by atoms with E-state index in [9.17, 15) is 0 Å². The SMILES string of the molecule is C=CCCOCCn1c(=S)[nH]c2cccc(Cl)c21. The Kier molecular flexibility index (Phi) is 4.58. The molecule has 0 spiro atoms. The molecular formula is C13H15ClN2OS. The highest BCUT2D eigenvalue weighted by Gasteiger charge is 2.07. The minimum atomic E-state index is 0.611. The molecule has 96 valence electrons. The average molecular weight is 283 g/mol. The van der Waals surface area contributed by atoms with Gasteiger partial charge in [-0.05, 0) is 30.8 Å². The Bertz CT molecular complexity index is 603. The standard InChI is InChI=1S/C13H15ClN2OS/c1-2-3-8-17-9-7-16-12-10(14)5-4-6-11(12)15-13(16)18/h2,4-6H,1,3,7-9H2,(H,15,18). The van der Waals surface area contributed by atoms with Crippen LogP contribution in [0.3, 0.4) is 0 Å². The van der Waals surface area contributed by atoms with Crippen LogP contribution in [0.1, 0.15) is 6.42 Å². The predicted octanol–water partition coefficient (Wildman–Crippen LogP) is 3.94. The van der Waals surface area contributed by atoms with Gasteiger partial charge >= 0.3 is 0 Å². The van der Waals surface area contributed by atoms with Crippen LogP contribution >= 0.6 is 23.8 Å². The lowest BCUT2D eigenvalue weighted by Crippen LogP contribution is -2.06. The molecule has 2 aromatic rings. The van der Waals surface area contributed by atoms with E-state index >= 15 is 0 Å². The second-order valence-corrected chi connectivity index (χ2v) is 4.70. The minimum Gasteiger partial charge on any atom is -0.379 e. The molecule has 0 bridgehead atoms. The van der Waals surface area contributed by atoms with E-state index in [0.29, 0.717) is 29.6 Å². The van der Waals surface area contributed by atoms with Crippen molar-refractivity contribution in [3.05, 3.63) is 40.6 Å². The first-order valence-electron chi connectivity index (χ1n) is 5.79. The number of rotatable bonds is 6. The molecule has 0 aliphatic carbocycles. The first-order chi connectivity index (χ1) is 8.74. The van der Waals surface area contributed by atoms with Crippen LogP contribution in [-0.4, -0.2) is 22.8 Å².